The number of sulfonamides is 1. The van der Waals surface area contributed by atoms with Gasteiger partial charge in [-0.1, -0.05) is 6.07 Å². The number of nitrogens with zero attached hydrogens (tertiary/aromatic N) is 1. The molecule has 3 rings (SSSR count). The predicted molar refractivity (Wildman–Crippen MR) is 74.1 cm³/mol. The van der Waals surface area contributed by atoms with Crippen LogP contribution in [-0.2, 0) is 10.0 Å². The van der Waals surface area contributed by atoms with E-state index in [9.17, 15) is 8.42 Å². The molecule has 0 amide bonds. The zero-order chi connectivity index (χ0) is 13.7. The normalized spacial score (nSPS) is 17.5. The van der Waals surface area contributed by atoms with Crippen LogP contribution in [0.25, 0.3) is 10.8 Å². The minimum Gasteiger partial charge on any atom is -0.384 e. The monoisotopic (exact) mass is 277 g/mol. The van der Waals surface area contributed by atoms with Crippen LogP contribution in [0.2, 0.25) is 0 Å². The highest BCUT2D eigenvalue weighted by Gasteiger charge is 2.41. The van der Waals surface area contributed by atoms with Crippen molar-refractivity contribution >= 4 is 26.6 Å². The van der Waals surface area contributed by atoms with Crippen molar-refractivity contribution in [2.75, 3.05) is 5.73 Å². The van der Waals surface area contributed by atoms with Gasteiger partial charge in [-0.2, -0.15) is 0 Å². The molecule has 1 saturated carbocycles. The molecule has 0 aliphatic heterocycles. The summed E-state index contributed by atoms with van der Waals surface area (Å²) in [6.45, 7) is 1.91. The first-order valence-electron chi connectivity index (χ1n) is 6.07. The Bertz CT molecular complexity index is 752. The van der Waals surface area contributed by atoms with Gasteiger partial charge in [0.05, 0.1) is 4.90 Å². The maximum atomic E-state index is 12.3. The Morgan fingerprint density at radius 2 is 2.00 bits per heavy atom. The van der Waals surface area contributed by atoms with Crippen LogP contribution in [0.4, 0.5) is 5.82 Å². The molecule has 100 valence electrons. The second kappa shape index (κ2) is 3.91. The summed E-state index contributed by atoms with van der Waals surface area (Å²) >= 11 is 0. The Hall–Kier alpha value is -1.66. The lowest BCUT2D eigenvalue weighted by atomic mass is 10.2. The summed E-state index contributed by atoms with van der Waals surface area (Å²) < 4.78 is 27.2. The fraction of sp³-hybridized carbons (Fsp3) is 0.308. The number of pyridine rings is 1. The topological polar surface area (TPSA) is 85.1 Å². The van der Waals surface area contributed by atoms with E-state index in [1.54, 1.807) is 30.5 Å². The molecule has 1 aromatic carbocycles. The van der Waals surface area contributed by atoms with Crippen molar-refractivity contribution in [3.05, 3.63) is 30.5 Å². The van der Waals surface area contributed by atoms with Gasteiger partial charge in [0.25, 0.3) is 0 Å². The first kappa shape index (κ1) is 12.4. The van der Waals surface area contributed by atoms with Gasteiger partial charge in [-0.15, -0.1) is 0 Å². The minimum absolute atomic E-state index is 0.263. The maximum absolute atomic E-state index is 12.3. The van der Waals surface area contributed by atoms with Crippen LogP contribution in [0.15, 0.2) is 35.4 Å². The van der Waals surface area contributed by atoms with Gasteiger partial charge in [-0.05, 0) is 43.4 Å². The standard InChI is InChI=1S/C13H15N3O2S/c1-13(4-5-13)16-19(17,18)11-3-2-9-8-15-12(14)7-10(9)6-11/h2-3,6-8,16H,4-5H2,1H3,(H2,14,15). The van der Waals surface area contributed by atoms with Gasteiger partial charge in [0.15, 0.2) is 0 Å². The molecule has 3 N–H and O–H groups in total. The largest absolute Gasteiger partial charge is 0.384 e. The molecular formula is C13H15N3O2S. The Morgan fingerprint density at radius 3 is 2.68 bits per heavy atom. The number of anilines is 1. The predicted octanol–water partition coefficient (Wildman–Crippen LogP) is 1.65. The van der Waals surface area contributed by atoms with E-state index >= 15 is 0 Å². The molecule has 1 aliphatic rings. The summed E-state index contributed by atoms with van der Waals surface area (Å²) in [6.07, 6.45) is 3.41. The second-order valence-corrected chi connectivity index (χ2v) is 6.97. The lowest BCUT2D eigenvalue weighted by molar-refractivity contribution is 0.558. The molecule has 0 spiro atoms. The molecular weight excluding hydrogens is 262 g/mol. The zero-order valence-electron chi connectivity index (χ0n) is 10.6. The quantitative estimate of drug-likeness (QED) is 0.893. The molecule has 0 atom stereocenters. The number of nitrogen functional groups attached to an aromatic ring is 1. The fourth-order valence-corrected chi connectivity index (χ4v) is 3.48. The van der Waals surface area contributed by atoms with Gasteiger partial charge in [-0.3, -0.25) is 0 Å². The van der Waals surface area contributed by atoms with E-state index in [0.717, 1.165) is 23.6 Å². The third-order valence-electron chi connectivity index (χ3n) is 3.41. The molecule has 5 nitrogen and oxygen atoms in total. The number of aromatic nitrogens is 1. The van der Waals surface area contributed by atoms with Crippen LogP contribution in [0.5, 0.6) is 0 Å². The van der Waals surface area contributed by atoms with Gasteiger partial charge in [0.2, 0.25) is 10.0 Å². The minimum atomic E-state index is -3.47. The van der Waals surface area contributed by atoms with Crippen molar-refractivity contribution in [2.45, 2.75) is 30.2 Å². The summed E-state index contributed by atoms with van der Waals surface area (Å²) in [5.41, 5.74) is 5.35. The Kier molecular flexibility index (Phi) is 2.55. The number of fused-ring (bicyclic) bond motifs is 1. The number of hydrogen-bond acceptors (Lipinski definition) is 4. The van der Waals surface area contributed by atoms with Crippen molar-refractivity contribution in [1.82, 2.24) is 9.71 Å². The van der Waals surface area contributed by atoms with E-state index in [2.05, 4.69) is 9.71 Å². The number of rotatable bonds is 3. The summed E-state index contributed by atoms with van der Waals surface area (Å²) in [4.78, 5) is 4.24. The Labute approximate surface area is 111 Å². The van der Waals surface area contributed by atoms with Crippen molar-refractivity contribution in [1.29, 1.82) is 0 Å². The van der Waals surface area contributed by atoms with E-state index in [-0.39, 0.29) is 10.4 Å². The third kappa shape index (κ3) is 2.41. The molecule has 1 fully saturated rings. The van der Waals surface area contributed by atoms with E-state index < -0.39 is 10.0 Å². The van der Waals surface area contributed by atoms with Gasteiger partial charge < -0.3 is 5.73 Å². The lowest BCUT2D eigenvalue weighted by Crippen LogP contribution is -2.34. The average Bonchev–Trinajstić information content (AvgIpc) is 3.04. The van der Waals surface area contributed by atoms with Gasteiger partial charge in [-0.25, -0.2) is 18.1 Å². The van der Waals surface area contributed by atoms with Gasteiger partial charge >= 0.3 is 0 Å². The number of nitrogens with one attached hydrogen (secondary N) is 1. The fourth-order valence-electron chi connectivity index (χ4n) is 1.98. The maximum Gasteiger partial charge on any atom is 0.241 e. The van der Waals surface area contributed by atoms with E-state index in [1.807, 2.05) is 6.92 Å². The molecule has 1 aromatic heterocycles. The van der Waals surface area contributed by atoms with Crippen LogP contribution in [0.3, 0.4) is 0 Å². The zero-order valence-corrected chi connectivity index (χ0v) is 11.4. The lowest BCUT2D eigenvalue weighted by Gasteiger charge is -2.12. The van der Waals surface area contributed by atoms with Crippen LogP contribution in [0, 0.1) is 0 Å². The number of benzene rings is 1. The van der Waals surface area contributed by atoms with Crippen molar-refractivity contribution in [3.63, 3.8) is 0 Å². The molecule has 2 aromatic rings. The molecule has 0 bridgehead atoms. The Balaban J connectivity index is 2.05. The second-order valence-electron chi connectivity index (χ2n) is 5.28. The molecule has 0 unspecified atom stereocenters. The first-order chi connectivity index (χ1) is 8.88. The smallest absolute Gasteiger partial charge is 0.241 e. The van der Waals surface area contributed by atoms with Crippen LogP contribution in [0.1, 0.15) is 19.8 Å². The van der Waals surface area contributed by atoms with Crippen LogP contribution in [-0.4, -0.2) is 18.9 Å². The number of hydrogen-bond donors (Lipinski definition) is 2. The van der Waals surface area contributed by atoms with Gasteiger partial charge in [0, 0.05) is 17.1 Å². The van der Waals surface area contributed by atoms with Crippen molar-refractivity contribution < 1.29 is 8.42 Å². The Morgan fingerprint density at radius 1 is 1.26 bits per heavy atom. The number of nitrogens with two attached hydrogens (primary N) is 1. The van der Waals surface area contributed by atoms with E-state index in [0.29, 0.717) is 5.82 Å². The highest BCUT2D eigenvalue weighted by Crippen LogP contribution is 2.36. The molecule has 19 heavy (non-hydrogen) atoms. The summed E-state index contributed by atoms with van der Waals surface area (Å²) in [6, 6.07) is 6.63. The van der Waals surface area contributed by atoms with Crippen LogP contribution >= 0.6 is 0 Å². The highest BCUT2D eigenvalue weighted by atomic mass is 32.2. The third-order valence-corrected chi connectivity index (χ3v) is 5.04. The average molecular weight is 277 g/mol. The van der Waals surface area contributed by atoms with E-state index in [4.69, 9.17) is 5.73 Å². The van der Waals surface area contributed by atoms with Crippen molar-refractivity contribution in [3.8, 4) is 0 Å². The highest BCUT2D eigenvalue weighted by molar-refractivity contribution is 7.89. The van der Waals surface area contributed by atoms with Crippen molar-refractivity contribution in [2.24, 2.45) is 0 Å². The van der Waals surface area contributed by atoms with Crippen LogP contribution < -0.4 is 10.5 Å². The summed E-state index contributed by atoms with van der Waals surface area (Å²) in [5.74, 6) is 0.379. The molecule has 1 heterocycles. The first-order valence-corrected chi connectivity index (χ1v) is 7.56. The molecule has 6 heteroatoms. The summed E-state index contributed by atoms with van der Waals surface area (Å²) in [7, 11) is -3.47. The van der Waals surface area contributed by atoms with Gasteiger partial charge in [0.1, 0.15) is 5.82 Å². The molecule has 0 saturated heterocycles. The molecule has 0 radical (unpaired) electrons. The summed E-state index contributed by atoms with van der Waals surface area (Å²) in [5, 5.41) is 1.64. The SMILES string of the molecule is CC1(NS(=O)(=O)c2ccc3cnc(N)cc3c2)CC1. The molecule has 1 aliphatic carbocycles. The van der Waals surface area contributed by atoms with E-state index in [1.165, 1.54) is 0 Å².